The number of carbonyl (C=O) groups excluding carboxylic acids is 2. The Morgan fingerprint density at radius 2 is 0.676 bits per heavy atom. The Hall–Kier alpha value is -3.60. The molecule has 0 spiro atoms. The average Bonchev–Trinajstić information content (AvgIpc) is 2.92. The first-order valence-electron chi connectivity index (χ1n) is 10.8. The maximum atomic E-state index is 12.9. The summed E-state index contributed by atoms with van der Waals surface area (Å²) >= 11 is 0. The van der Waals surface area contributed by atoms with Gasteiger partial charge in [0, 0.05) is 33.1 Å². The highest BCUT2D eigenvalue weighted by atomic mass is 33.1. The van der Waals surface area contributed by atoms with Gasteiger partial charge in [0.25, 0.3) is 0 Å². The maximum Gasteiger partial charge on any atom is 0.186 e. The van der Waals surface area contributed by atoms with E-state index in [2.05, 4.69) is 0 Å². The van der Waals surface area contributed by atoms with Gasteiger partial charge >= 0.3 is 0 Å². The molecule has 0 fully saturated rings. The molecule has 0 N–H and O–H groups in total. The minimum atomic E-state index is -0.0573. The van der Waals surface area contributed by atoms with Gasteiger partial charge in [-0.2, -0.15) is 0 Å². The van der Waals surface area contributed by atoms with Crippen LogP contribution in [-0.2, 0) is 0 Å². The molecule has 0 amide bonds. The van der Waals surface area contributed by atoms with Gasteiger partial charge in [0.15, 0.2) is 11.6 Å². The predicted molar refractivity (Wildman–Crippen MR) is 146 cm³/mol. The predicted octanol–water partition coefficient (Wildman–Crippen LogP) is 8.22. The zero-order valence-electron chi connectivity index (χ0n) is 18.3. The molecular weight excluding hydrogens is 456 g/mol. The summed E-state index contributed by atoms with van der Waals surface area (Å²) in [5, 5.41) is 0. The largest absolute Gasteiger partial charge is 0.289 e. The number of hydrogen-bond donors (Lipinski definition) is 0. The number of hydrogen-bond acceptors (Lipinski definition) is 4. The summed E-state index contributed by atoms with van der Waals surface area (Å²) in [5.41, 5.74) is 3.18. The first kappa shape index (κ1) is 23.6. The molecule has 0 unspecified atom stereocenters. The van der Waals surface area contributed by atoms with E-state index in [0.29, 0.717) is 11.1 Å². The zero-order valence-corrected chi connectivity index (χ0v) is 20.0. The van der Waals surface area contributed by atoms with Gasteiger partial charge in [-0.25, -0.2) is 0 Å². The fourth-order valence-corrected chi connectivity index (χ4v) is 5.57. The van der Waals surface area contributed by atoms with E-state index in [1.807, 2.05) is 121 Å². The lowest BCUT2D eigenvalue weighted by atomic mass is 10.1. The second kappa shape index (κ2) is 12.0. The molecular formula is C30H22O2S2. The fourth-order valence-electron chi connectivity index (χ4n) is 3.22. The Balaban J connectivity index is 1.65. The lowest BCUT2D eigenvalue weighted by Gasteiger charge is -2.10. The van der Waals surface area contributed by atoms with Gasteiger partial charge in [0.2, 0.25) is 0 Å². The Bertz CT molecular complexity index is 1190. The number of ketones is 2. The summed E-state index contributed by atoms with van der Waals surface area (Å²) in [6.45, 7) is 0. The van der Waals surface area contributed by atoms with Crippen LogP contribution >= 0.6 is 21.6 Å². The van der Waals surface area contributed by atoms with Crippen LogP contribution in [0, 0.1) is 0 Å². The summed E-state index contributed by atoms with van der Waals surface area (Å²) < 4.78 is 0. The van der Waals surface area contributed by atoms with Crippen LogP contribution in [0.25, 0.3) is 9.81 Å². The molecule has 0 atom stereocenters. The van der Waals surface area contributed by atoms with Gasteiger partial charge in [-0.3, -0.25) is 9.59 Å². The minimum Gasteiger partial charge on any atom is -0.289 e. The highest BCUT2D eigenvalue weighted by Crippen LogP contribution is 2.45. The van der Waals surface area contributed by atoms with E-state index < -0.39 is 0 Å². The maximum absolute atomic E-state index is 12.9. The standard InChI is InChI=1S/C30H22O2S2/c31-27(23-13-5-1-6-14-23)21-29(25-17-9-3-10-18-25)33-34-30(26-19-11-4-12-20-26)22-28(32)24-15-7-2-8-16-24/h1-22H/b29-21-,30-22-. The monoisotopic (exact) mass is 478 g/mol. The molecule has 34 heavy (non-hydrogen) atoms. The van der Waals surface area contributed by atoms with Crippen LogP contribution in [0.2, 0.25) is 0 Å². The summed E-state index contributed by atoms with van der Waals surface area (Å²) in [5.74, 6) is -0.115. The molecule has 166 valence electrons. The molecule has 0 saturated carbocycles. The first-order valence-corrected chi connectivity index (χ1v) is 12.9. The summed E-state index contributed by atoms with van der Waals surface area (Å²) in [6.07, 6.45) is 3.34. The van der Waals surface area contributed by atoms with Crippen molar-refractivity contribution in [3.63, 3.8) is 0 Å². The molecule has 0 aliphatic carbocycles. The topological polar surface area (TPSA) is 34.1 Å². The molecule has 0 bridgehead atoms. The van der Waals surface area contributed by atoms with E-state index in [1.54, 1.807) is 12.2 Å². The molecule has 0 heterocycles. The van der Waals surface area contributed by atoms with E-state index in [-0.39, 0.29) is 11.6 Å². The van der Waals surface area contributed by atoms with E-state index in [1.165, 1.54) is 21.6 Å². The van der Waals surface area contributed by atoms with E-state index in [9.17, 15) is 9.59 Å². The van der Waals surface area contributed by atoms with E-state index >= 15 is 0 Å². The van der Waals surface area contributed by atoms with Crippen LogP contribution in [0.5, 0.6) is 0 Å². The van der Waals surface area contributed by atoms with Crippen molar-refractivity contribution in [2.24, 2.45) is 0 Å². The quantitative estimate of drug-likeness (QED) is 0.138. The summed E-state index contributed by atoms with van der Waals surface area (Å²) in [4.78, 5) is 27.5. The number of rotatable bonds is 9. The van der Waals surface area contributed by atoms with Gasteiger partial charge in [0.05, 0.1) is 0 Å². The van der Waals surface area contributed by atoms with Crippen LogP contribution in [0.4, 0.5) is 0 Å². The summed E-state index contributed by atoms with van der Waals surface area (Å²) in [7, 11) is 2.95. The van der Waals surface area contributed by atoms with E-state index in [0.717, 1.165) is 20.9 Å². The number of benzene rings is 4. The molecule has 2 nitrogen and oxygen atoms in total. The van der Waals surface area contributed by atoms with Crippen molar-refractivity contribution in [1.82, 2.24) is 0 Å². The molecule has 0 radical (unpaired) electrons. The van der Waals surface area contributed by atoms with Crippen molar-refractivity contribution >= 4 is 43.0 Å². The normalized spacial score (nSPS) is 11.8. The van der Waals surface area contributed by atoms with Crippen molar-refractivity contribution in [2.45, 2.75) is 0 Å². The third-order valence-electron chi connectivity index (χ3n) is 4.98. The Morgan fingerprint density at radius 3 is 0.971 bits per heavy atom. The highest BCUT2D eigenvalue weighted by molar-refractivity contribution is 8.83. The zero-order chi connectivity index (χ0) is 23.6. The van der Waals surface area contributed by atoms with Gasteiger partial charge < -0.3 is 0 Å². The van der Waals surface area contributed by atoms with Crippen LogP contribution in [-0.4, -0.2) is 11.6 Å². The SMILES string of the molecule is O=C(/C=C(\SS/C(=C\C(=O)c1ccccc1)c1ccccc1)c1ccccc1)c1ccccc1. The van der Waals surface area contributed by atoms with Crippen LogP contribution in [0.15, 0.2) is 133 Å². The van der Waals surface area contributed by atoms with Gasteiger partial charge in [-0.05, 0) is 11.1 Å². The Kier molecular flexibility index (Phi) is 8.33. The van der Waals surface area contributed by atoms with Crippen molar-refractivity contribution < 1.29 is 9.59 Å². The third-order valence-corrected chi connectivity index (χ3v) is 7.46. The smallest absolute Gasteiger partial charge is 0.186 e. The van der Waals surface area contributed by atoms with Gasteiger partial charge in [-0.1, -0.05) is 143 Å². The highest BCUT2D eigenvalue weighted by Gasteiger charge is 2.13. The molecule has 4 aromatic rings. The Labute approximate surface area is 207 Å². The molecule has 4 aromatic carbocycles. The van der Waals surface area contributed by atoms with Crippen molar-refractivity contribution in [3.8, 4) is 0 Å². The van der Waals surface area contributed by atoms with Crippen LogP contribution in [0.3, 0.4) is 0 Å². The molecule has 0 aliphatic heterocycles. The lowest BCUT2D eigenvalue weighted by molar-refractivity contribution is 0.103. The molecule has 4 heteroatoms. The lowest BCUT2D eigenvalue weighted by Crippen LogP contribution is -1.96. The molecule has 0 aromatic heterocycles. The fraction of sp³-hybridized carbons (Fsp3) is 0. The average molecular weight is 479 g/mol. The van der Waals surface area contributed by atoms with Crippen LogP contribution < -0.4 is 0 Å². The number of allylic oxidation sites excluding steroid dienone is 2. The second-order valence-electron chi connectivity index (χ2n) is 7.38. The Morgan fingerprint density at radius 1 is 0.412 bits per heavy atom. The van der Waals surface area contributed by atoms with Crippen molar-refractivity contribution in [1.29, 1.82) is 0 Å². The minimum absolute atomic E-state index is 0.0573. The second-order valence-corrected chi connectivity index (χ2v) is 9.59. The van der Waals surface area contributed by atoms with Crippen LogP contribution in [0.1, 0.15) is 31.8 Å². The van der Waals surface area contributed by atoms with Gasteiger partial charge in [-0.15, -0.1) is 0 Å². The van der Waals surface area contributed by atoms with E-state index in [4.69, 9.17) is 0 Å². The van der Waals surface area contributed by atoms with Crippen molar-refractivity contribution in [3.05, 3.63) is 156 Å². The van der Waals surface area contributed by atoms with Crippen molar-refractivity contribution in [2.75, 3.05) is 0 Å². The third kappa shape index (κ3) is 6.47. The molecule has 4 rings (SSSR count). The number of carbonyl (C=O) groups is 2. The van der Waals surface area contributed by atoms with Gasteiger partial charge in [0.1, 0.15) is 0 Å². The summed E-state index contributed by atoms with van der Waals surface area (Å²) in [6, 6.07) is 38.1. The molecule has 0 aliphatic rings. The first-order chi connectivity index (χ1) is 16.7. The molecule has 0 saturated heterocycles.